The first kappa shape index (κ1) is 12.8. The predicted molar refractivity (Wildman–Crippen MR) is 80.5 cm³/mol. The van der Waals surface area contributed by atoms with Crippen molar-refractivity contribution >= 4 is 11.2 Å². The van der Waals surface area contributed by atoms with Gasteiger partial charge in [-0.2, -0.15) is 0 Å². The van der Waals surface area contributed by atoms with Gasteiger partial charge in [0.25, 0.3) is 0 Å². The van der Waals surface area contributed by atoms with E-state index in [0.717, 1.165) is 24.0 Å². The average molecular weight is 267 g/mol. The summed E-state index contributed by atoms with van der Waals surface area (Å²) in [5.74, 6) is 0. The number of hydrogen-bond acceptors (Lipinski definition) is 3. The Balaban J connectivity index is 0.00000161. The molecular weight excluding hydrogens is 248 g/mol. The van der Waals surface area contributed by atoms with Crippen molar-refractivity contribution in [2.75, 3.05) is 0 Å². The smallest absolute Gasteiger partial charge is 0.305 e. The number of hydrogen-bond donors (Lipinski definition) is 0. The Bertz CT molecular complexity index is 704. The molecule has 0 saturated heterocycles. The molecule has 0 atom stereocenters. The molecule has 1 aromatic carbocycles. The summed E-state index contributed by atoms with van der Waals surface area (Å²) in [6.45, 7) is 4.42. The number of nitrogens with zero attached hydrogens (tertiary/aromatic N) is 4. The first-order valence-corrected chi connectivity index (χ1v) is 7.01. The van der Waals surface area contributed by atoms with Gasteiger partial charge in [0, 0.05) is 0 Å². The number of rotatable bonds is 4. The second-order valence-electron chi connectivity index (χ2n) is 4.95. The van der Waals surface area contributed by atoms with Crippen molar-refractivity contribution in [3.05, 3.63) is 54.7 Å². The van der Waals surface area contributed by atoms with Crippen molar-refractivity contribution < 1.29 is 1.43 Å². The molecule has 2 aromatic heterocycles. The molecule has 0 aliphatic carbocycles. The normalized spacial score (nSPS) is 11.9. The Morgan fingerprint density at radius 3 is 2.55 bits per heavy atom. The molecule has 4 nitrogen and oxygen atoms in total. The van der Waals surface area contributed by atoms with Gasteiger partial charge < -0.3 is 4.57 Å². The Hall–Kier alpha value is -2.23. The summed E-state index contributed by atoms with van der Waals surface area (Å²) in [6.07, 6.45) is 7.22. The molecule has 0 aliphatic rings. The Morgan fingerprint density at radius 2 is 1.85 bits per heavy atom. The minimum atomic E-state index is -0.107. The molecule has 0 unspecified atom stereocenters. The highest BCUT2D eigenvalue weighted by atomic mass is 15.2. The molecule has 0 aliphatic heterocycles. The largest absolute Gasteiger partial charge is 1.00 e. The standard InChI is InChI=1S/C16H18N4/c1-3-16(4-2,13-8-6-5-7-9-13)20-12-19-14-10-17-11-18-15(14)20/h5-12H,3-4H2,1-2H3/p+1. The minimum Gasteiger partial charge on any atom is -0.305 e. The van der Waals surface area contributed by atoms with Crippen LogP contribution in [-0.4, -0.2) is 19.5 Å². The van der Waals surface area contributed by atoms with Crippen molar-refractivity contribution in [3.8, 4) is 0 Å². The van der Waals surface area contributed by atoms with E-state index < -0.39 is 0 Å². The lowest BCUT2D eigenvalue weighted by Crippen LogP contribution is -2.33. The number of imidazole rings is 1. The van der Waals surface area contributed by atoms with E-state index in [9.17, 15) is 0 Å². The van der Waals surface area contributed by atoms with Crippen LogP contribution in [0.4, 0.5) is 0 Å². The maximum atomic E-state index is 4.44. The van der Waals surface area contributed by atoms with Crippen LogP contribution in [-0.2, 0) is 5.54 Å². The number of benzene rings is 1. The molecule has 2 heterocycles. The third-order valence-electron chi connectivity index (χ3n) is 4.16. The maximum Gasteiger partial charge on any atom is 1.00 e. The molecule has 0 spiro atoms. The molecule has 20 heavy (non-hydrogen) atoms. The summed E-state index contributed by atoms with van der Waals surface area (Å²) in [6, 6.07) is 10.6. The van der Waals surface area contributed by atoms with Gasteiger partial charge in [-0.1, -0.05) is 44.2 Å². The van der Waals surface area contributed by atoms with Crippen molar-refractivity contribution in [1.29, 1.82) is 0 Å². The number of fused-ring (bicyclic) bond motifs is 1. The van der Waals surface area contributed by atoms with Gasteiger partial charge in [-0.15, -0.1) is 0 Å². The molecule has 0 fully saturated rings. The fourth-order valence-electron chi connectivity index (χ4n) is 2.97. The molecule has 0 bridgehead atoms. The maximum absolute atomic E-state index is 4.44. The molecule has 0 amide bonds. The van der Waals surface area contributed by atoms with Gasteiger partial charge in [0.15, 0.2) is 5.65 Å². The Labute approximate surface area is 120 Å². The van der Waals surface area contributed by atoms with Crippen molar-refractivity contribution in [2.45, 2.75) is 32.2 Å². The van der Waals surface area contributed by atoms with Crippen LogP contribution in [0.15, 0.2) is 49.2 Å². The summed E-state index contributed by atoms with van der Waals surface area (Å²) < 4.78 is 2.19. The van der Waals surface area contributed by atoms with E-state index in [1.165, 1.54) is 5.56 Å². The first-order valence-electron chi connectivity index (χ1n) is 7.01. The second kappa shape index (κ2) is 5.04. The van der Waals surface area contributed by atoms with Crippen molar-refractivity contribution in [2.24, 2.45) is 0 Å². The molecule has 0 N–H and O–H groups in total. The highest BCUT2D eigenvalue weighted by Gasteiger charge is 2.32. The summed E-state index contributed by atoms with van der Waals surface area (Å²) >= 11 is 0. The van der Waals surface area contributed by atoms with Crippen LogP contribution in [0.25, 0.3) is 11.2 Å². The monoisotopic (exact) mass is 267 g/mol. The quantitative estimate of drug-likeness (QED) is 0.726. The second-order valence-corrected chi connectivity index (χ2v) is 4.95. The summed E-state index contributed by atoms with van der Waals surface area (Å²) in [4.78, 5) is 12.9. The van der Waals surface area contributed by atoms with Gasteiger partial charge >= 0.3 is 1.43 Å². The summed E-state index contributed by atoms with van der Waals surface area (Å²) in [7, 11) is 0. The third-order valence-corrected chi connectivity index (χ3v) is 4.16. The molecule has 0 radical (unpaired) electrons. The van der Waals surface area contributed by atoms with Gasteiger partial charge in [0.2, 0.25) is 0 Å². The summed E-state index contributed by atoms with van der Waals surface area (Å²) in [5, 5.41) is 0. The van der Waals surface area contributed by atoms with Crippen molar-refractivity contribution in [1.82, 2.24) is 19.5 Å². The van der Waals surface area contributed by atoms with E-state index in [1.54, 1.807) is 12.5 Å². The highest BCUT2D eigenvalue weighted by molar-refractivity contribution is 5.69. The topological polar surface area (TPSA) is 43.6 Å². The molecular formula is C16H19N4+. The van der Waals surface area contributed by atoms with Gasteiger partial charge in [-0.05, 0) is 18.4 Å². The Kier molecular flexibility index (Phi) is 3.22. The highest BCUT2D eigenvalue weighted by Crippen LogP contribution is 2.35. The van der Waals surface area contributed by atoms with Gasteiger partial charge in [-0.25, -0.2) is 15.0 Å². The predicted octanol–water partition coefficient (Wildman–Crippen LogP) is 3.50. The molecule has 102 valence electrons. The van der Waals surface area contributed by atoms with Crippen LogP contribution in [0.1, 0.15) is 33.7 Å². The van der Waals surface area contributed by atoms with Crippen LogP contribution in [0, 0.1) is 0 Å². The molecule has 3 rings (SSSR count). The van der Waals surface area contributed by atoms with Gasteiger partial charge in [-0.3, -0.25) is 0 Å². The zero-order valence-electron chi connectivity index (χ0n) is 12.8. The van der Waals surface area contributed by atoms with Gasteiger partial charge in [0.1, 0.15) is 11.8 Å². The van der Waals surface area contributed by atoms with Crippen LogP contribution >= 0.6 is 0 Å². The first-order chi connectivity index (χ1) is 9.81. The van der Waals surface area contributed by atoms with E-state index in [1.807, 2.05) is 12.4 Å². The molecule has 3 aromatic rings. The van der Waals surface area contributed by atoms with Gasteiger partial charge in [0.05, 0.1) is 18.1 Å². The zero-order valence-corrected chi connectivity index (χ0v) is 11.8. The zero-order chi connectivity index (χ0) is 14.0. The summed E-state index contributed by atoms with van der Waals surface area (Å²) in [5.41, 5.74) is 2.93. The van der Waals surface area contributed by atoms with E-state index >= 15 is 0 Å². The van der Waals surface area contributed by atoms with Crippen LogP contribution in [0.2, 0.25) is 0 Å². The fourth-order valence-corrected chi connectivity index (χ4v) is 2.97. The average Bonchev–Trinajstić information content (AvgIpc) is 2.95. The lowest BCUT2D eigenvalue weighted by Gasteiger charge is -2.34. The molecule has 0 saturated carbocycles. The number of aromatic nitrogens is 4. The SMILES string of the molecule is CCC(CC)(c1ccccc1)n1cnc2cncnc21.[H+]. The fraction of sp³-hybridized carbons (Fsp3) is 0.312. The van der Waals surface area contributed by atoms with E-state index in [2.05, 4.69) is 57.6 Å². The van der Waals surface area contributed by atoms with Crippen LogP contribution in [0.5, 0.6) is 0 Å². The van der Waals surface area contributed by atoms with E-state index in [0.29, 0.717) is 0 Å². The third kappa shape index (κ3) is 1.80. The minimum absolute atomic E-state index is 0. The van der Waals surface area contributed by atoms with Crippen LogP contribution < -0.4 is 0 Å². The van der Waals surface area contributed by atoms with E-state index in [4.69, 9.17) is 0 Å². The molecule has 4 heteroatoms. The van der Waals surface area contributed by atoms with E-state index in [-0.39, 0.29) is 6.97 Å². The lowest BCUT2D eigenvalue weighted by molar-refractivity contribution is 0.335. The Morgan fingerprint density at radius 1 is 1.10 bits per heavy atom. The van der Waals surface area contributed by atoms with Crippen LogP contribution in [0.3, 0.4) is 0 Å². The van der Waals surface area contributed by atoms with Crippen molar-refractivity contribution in [3.63, 3.8) is 0 Å². The lowest BCUT2D eigenvalue weighted by atomic mass is 9.84.